The number of ketones is 1. The highest BCUT2D eigenvalue weighted by Crippen LogP contribution is 2.36. The van der Waals surface area contributed by atoms with Crippen molar-refractivity contribution < 1.29 is 9.90 Å². The van der Waals surface area contributed by atoms with Crippen LogP contribution in [-0.4, -0.2) is 10.9 Å². The fraction of sp³-hybridized carbons (Fsp3) is 0.278. The van der Waals surface area contributed by atoms with Gasteiger partial charge in [-0.1, -0.05) is 61.0 Å². The molecule has 0 aromatic heterocycles. The third-order valence-electron chi connectivity index (χ3n) is 4.14. The first kappa shape index (κ1) is 13.1. The molecule has 0 radical (unpaired) electrons. The molecule has 1 N–H and O–H groups in total. The van der Waals surface area contributed by atoms with Crippen molar-refractivity contribution >= 4 is 5.78 Å². The molecule has 2 aromatic carbocycles. The number of aliphatic hydroxyl groups is 1. The van der Waals surface area contributed by atoms with Crippen LogP contribution in [0.25, 0.3) is 0 Å². The first-order valence-electron chi connectivity index (χ1n) is 7.13. The lowest BCUT2D eigenvalue weighted by Gasteiger charge is -2.25. The molecular weight excluding hydrogens is 248 g/mol. The number of benzene rings is 2. The highest BCUT2D eigenvalue weighted by atomic mass is 16.3. The van der Waals surface area contributed by atoms with Crippen LogP contribution in [0, 0.1) is 0 Å². The smallest absolute Gasteiger partial charge is 0.195 e. The zero-order valence-corrected chi connectivity index (χ0v) is 11.3. The number of carbonyl (C=O) groups excluding carboxylic acids is 1. The number of aliphatic hydroxyl groups excluding tert-OH is 1. The van der Waals surface area contributed by atoms with Crippen molar-refractivity contribution in [3.63, 3.8) is 0 Å². The Morgan fingerprint density at radius 3 is 2.20 bits per heavy atom. The van der Waals surface area contributed by atoms with Gasteiger partial charge in [0, 0.05) is 5.56 Å². The van der Waals surface area contributed by atoms with Gasteiger partial charge in [0.15, 0.2) is 5.78 Å². The van der Waals surface area contributed by atoms with E-state index < -0.39 is 6.10 Å². The molecule has 0 bridgehead atoms. The molecule has 102 valence electrons. The molecular formula is C18H18O2. The van der Waals surface area contributed by atoms with Gasteiger partial charge in [-0.25, -0.2) is 0 Å². The van der Waals surface area contributed by atoms with Gasteiger partial charge in [-0.2, -0.15) is 0 Å². The van der Waals surface area contributed by atoms with Crippen LogP contribution in [0.1, 0.15) is 52.8 Å². The maximum absolute atomic E-state index is 12.3. The number of rotatable bonds is 4. The highest BCUT2D eigenvalue weighted by Gasteiger charge is 2.21. The molecule has 0 saturated heterocycles. The average Bonchev–Trinajstić information content (AvgIpc) is 2.46. The monoisotopic (exact) mass is 266 g/mol. The Morgan fingerprint density at radius 1 is 1.00 bits per heavy atom. The Bertz CT molecular complexity index is 583. The second-order valence-corrected chi connectivity index (χ2v) is 5.43. The minimum absolute atomic E-state index is 0.239. The minimum atomic E-state index is -1.08. The minimum Gasteiger partial charge on any atom is -0.380 e. The summed E-state index contributed by atoms with van der Waals surface area (Å²) in [7, 11) is 0. The second-order valence-electron chi connectivity index (χ2n) is 5.43. The van der Waals surface area contributed by atoms with Gasteiger partial charge in [0.2, 0.25) is 0 Å². The normalized spacial score (nSPS) is 16.4. The molecule has 0 heterocycles. The lowest BCUT2D eigenvalue weighted by Crippen LogP contribution is -2.13. The van der Waals surface area contributed by atoms with Crippen molar-refractivity contribution in [2.24, 2.45) is 0 Å². The van der Waals surface area contributed by atoms with Crippen LogP contribution < -0.4 is 0 Å². The molecule has 2 aromatic rings. The molecule has 2 nitrogen and oxygen atoms in total. The molecule has 1 saturated carbocycles. The number of carbonyl (C=O) groups is 1. The molecule has 1 aliphatic rings. The molecule has 1 atom stereocenters. The van der Waals surface area contributed by atoms with E-state index in [0.29, 0.717) is 17.0 Å². The third kappa shape index (κ3) is 2.52. The SMILES string of the molecule is O=C(c1ccc(C2CCC2)cc1)C(O)c1ccccc1. The maximum Gasteiger partial charge on any atom is 0.195 e. The van der Waals surface area contributed by atoms with E-state index in [2.05, 4.69) is 0 Å². The largest absolute Gasteiger partial charge is 0.380 e. The Hall–Kier alpha value is -1.93. The summed E-state index contributed by atoms with van der Waals surface area (Å²) in [5, 5.41) is 10.1. The fourth-order valence-corrected chi connectivity index (χ4v) is 2.61. The van der Waals surface area contributed by atoms with Crippen LogP contribution in [0.4, 0.5) is 0 Å². The Kier molecular flexibility index (Phi) is 3.66. The summed E-state index contributed by atoms with van der Waals surface area (Å²) in [4.78, 5) is 12.3. The van der Waals surface area contributed by atoms with Gasteiger partial charge in [-0.3, -0.25) is 4.79 Å². The summed E-state index contributed by atoms with van der Waals surface area (Å²) in [6.45, 7) is 0. The predicted octanol–water partition coefficient (Wildman–Crippen LogP) is 3.87. The molecule has 0 aliphatic heterocycles. The highest BCUT2D eigenvalue weighted by molar-refractivity contribution is 5.99. The standard InChI is InChI=1S/C18H18O2/c19-17(15-5-2-1-3-6-15)18(20)16-11-9-14(10-12-16)13-7-4-8-13/h1-3,5-6,9-13,17,19H,4,7-8H2. The Balaban J connectivity index is 1.76. The number of hydrogen-bond acceptors (Lipinski definition) is 2. The summed E-state index contributed by atoms with van der Waals surface area (Å²) in [5.74, 6) is 0.426. The quantitative estimate of drug-likeness (QED) is 0.853. The summed E-state index contributed by atoms with van der Waals surface area (Å²) in [6, 6.07) is 16.8. The lowest BCUT2D eigenvalue weighted by molar-refractivity contribution is 0.0747. The summed E-state index contributed by atoms with van der Waals surface area (Å²) in [5.41, 5.74) is 2.52. The van der Waals surface area contributed by atoms with E-state index in [1.165, 1.54) is 24.8 Å². The number of hydrogen-bond donors (Lipinski definition) is 1. The first-order chi connectivity index (χ1) is 9.75. The van der Waals surface area contributed by atoms with Crippen molar-refractivity contribution in [3.05, 3.63) is 71.3 Å². The van der Waals surface area contributed by atoms with E-state index in [-0.39, 0.29) is 5.78 Å². The lowest BCUT2D eigenvalue weighted by atomic mass is 9.80. The topological polar surface area (TPSA) is 37.3 Å². The van der Waals surface area contributed by atoms with Gasteiger partial charge < -0.3 is 5.11 Å². The van der Waals surface area contributed by atoms with Gasteiger partial charge >= 0.3 is 0 Å². The summed E-state index contributed by atoms with van der Waals surface area (Å²) >= 11 is 0. The van der Waals surface area contributed by atoms with E-state index in [1.807, 2.05) is 42.5 Å². The van der Waals surface area contributed by atoms with E-state index in [4.69, 9.17) is 0 Å². The third-order valence-corrected chi connectivity index (χ3v) is 4.14. The molecule has 1 fully saturated rings. The predicted molar refractivity (Wildman–Crippen MR) is 78.8 cm³/mol. The summed E-state index contributed by atoms with van der Waals surface area (Å²) < 4.78 is 0. The van der Waals surface area contributed by atoms with Crippen molar-refractivity contribution in [2.45, 2.75) is 31.3 Å². The zero-order valence-electron chi connectivity index (χ0n) is 11.3. The van der Waals surface area contributed by atoms with Crippen LogP contribution in [0.15, 0.2) is 54.6 Å². The molecule has 0 amide bonds. The van der Waals surface area contributed by atoms with E-state index >= 15 is 0 Å². The van der Waals surface area contributed by atoms with Crippen LogP contribution in [0.3, 0.4) is 0 Å². The molecule has 2 heteroatoms. The molecule has 0 spiro atoms. The fourth-order valence-electron chi connectivity index (χ4n) is 2.61. The van der Waals surface area contributed by atoms with Crippen molar-refractivity contribution in [1.29, 1.82) is 0 Å². The Morgan fingerprint density at radius 2 is 1.65 bits per heavy atom. The van der Waals surface area contributed by atoms with Crippen LogP contribution >= 0.6 is 0 Å². The van der Waals surface area contributed by atoms with Crippen LogP contribution in [-0.2, 0) is 0 Å². The molecule has 20 heavy (non-hydrogen) atoms. The Labute approximate surface area is 119 Å². The van der Waals surface area contributed by atoms with Gasteiger partial charge in [0.25, 0.3) is 0 Å². The van der Waals surface area contributed by atoms with Crippen molar-refractivity contribution in [1.82, 2.24) is 0 Å². The van der Waals surface area contributed by atoms with Crippen molar-refractivity contribution in [2.75, 3.05) is 0 Å². The van der Waals surface area contributed by atoms with Gasteiger partial charge in [0.1, 0.15) is 6.10 Å². The van der Waals surface area contributed by atoms with Crippen LogP contribution in [0.2, 0.25) is 0 Å². The van der Waals surface area contributed by atoms with Gasteiger partial charge in [-0.15, -0.1) is 0 Å². The zero-order chi connectivity index (χ0) is 13.9. The number of Topliss-reactive ketones (excluding diaryl/α,β-unsaturated/α-hetero) is 1. The molecule has 3 rings (SSSR count). The first-order valence-corrected chi connectivity index (χ1v) is 7.13. The van der Waals surface area contributed by atoms with E-state index in [1.54, 1.807) is 12.1 Å². The van der Waals surface area contributed by atoms with Gasteiger partial charge in [-0.05, 0) is 29.9 Å². The van der Waals surface area contributed by atoms with E-state index in [0.717, 1.165) is 0 Å². The van der Waals surface area contributed by atoms with E-state index in [9.17, 15) is 9.90 Å². The molecule has 1 unspecified atom stereocenters. The molecule has 1 aliphatic carbocycles. The second kappa shape index (κ2) is 5.59. The van der Waals surface area contributed by atoms with Gasteiger partial charge in [0.05, 0.1) is 0 Å². The van der Waals surface area contributed by atoms with Crippen molar-refractivity contribution in [3.8, 4) is 0 Å². The van der Waals surface area contributed by atoms with Crippen LogP contribution in [0.5, 0.6) is 0 Å². The maximum atomic E-state index is 12.3. The summed E-state index contributed by atoms with van der Waals surface area (Å²) in [6.07, 6.45) is 2.73. The average molecular weight is 266 g/mol.